The third-order valence-electron chi connectivity index (χ3n) is 4.27. The standard InChI is InChI=1S/C24H46N2Si2/c1-25(2)23(19-15-11-13-17-21-27(5,6)7)24(26(3)4)20-16-12-14-18-22-28(8,9)10/h11-16,19-20H2,1-10H3/b24-23-. The van der Waals surface area contributed by atoms with E-state index >= 15 is 0 Å². The molecule has 0 N–H and O–H groups in total. The van der Waals surface area contributed by atoms with Crippen molar-refractivity contribution in [3.8, 4) is 22.9 Å². The Morgan fingerprint density at radius 2 is 0.893 bits per heavy atom. The van der Waals surface area contributed by atoms with Crippen molar-refractivity contribution in [2.24, 2.45) is 0 Å². The van der Waals surface area contributed by atoms with E-state index < -0.39 is 16.1 Å². The topological polar surface area (TPSA) is 6.48 Å². The third kappa shape index (κ3) is 14.9. The molecule has 0 rings (SSSR count). The van der Waals surface area contributed by atoms with Gasteiger partial charge in [0.1, 0.15) is 16.1 Å². The van der Waals surface area contributed by atoms with Crippen LogP contribution in [0, 0.1) is 22.9 Å². The highest BCUT2D eigenvalue weighted by atomic mass is 28.3. The summed E-state index contributed by atoms with van der Waals surface area (Å²) in [5.74, 6) is 6.81. The zero-order valence-electron chi connectivity index (χ0n) is 20.6. The van der Waals surface area contributed by atoms with Crippen molar-refractivity contribution in [2.75, 3.05) is 28.2 Å². The number of rotatable bonds is 10. The van der Waals surface area contributed by atoms with Crippen molar-refractivity contribution >= 4 is 16.1 Å². The Morgan fingerprint density at radius 1 is 0.571 bits per heavy atom. The van der Waals surface area contributed by atoms with Crippen LogP contribution in [0.4, 0.5) is 0 Å². The highest BCUT2D eigenvalue weighted by Crippen LogP contribution is 2.22. The molecule has 0 bridgehead atoms. The van der Waals surface area contributed by atoms with E-state index in [9.17, 15) is 0 Å². The average molecular weight is 419 g/mol. The van der Waals surface area contributed by atoms with E-state index in [0.29, 0.717) is 0 Å². The van der Waals surface area contributed by atoms with E-state index in [-0.39, 0.29) is 0 Å². The maximum absolute atomic E-state index is 3.48. The SMILES string of the molecule is CN(C)/C(CCCCC#C[Si](C)(C)C)=C(/CCCCC#C[Si](C)(C)C)N(C)C. The second-order valence-corrected chi connectivity index (χ2v) is 19.7. The second kappa shape index (κ2) is 13.2. The summed E-state index contributed by atoms with van der Waals surface area (Å²) < 4.78 is 0. The number of hydrogen-bond donors (Lipinski definition) is 0. The van der Waals surface area contributed by atoms with E-state index in [1.165, 1.54) is 37.1 Å². The number of hydrogen-bond acceptors (Lipinski definition) is 2. The molecule has 0 aromatic carbocycles. The maximum atomic E-state index is 3.48. The lowest BCUT2D eigenvalue weighted by Crippen LogP contribution is -2.21. The van der Waals surface area contributed by atoms with Crippen LogP contribution in [0.2, 0.25) is 39.3 Å². The molecule has 0 radical (unpaired) electrons. The van der Waals surface area contributed by atoms with E-state index in [2.05, 4.69) is 100 Å². The molecule has 0 aromatic heterocycles. The summed E-state index contributed by atoms with van der Waals surface area (Å²) in [5, 5.41) is 0. The highest BCUT2D eigenvalue weighted by Gasteiger charge is 2.12. The van der Waals surface area contributed by atoms with Crippen molar-refractivity contribution in [1.29, 1.82) is 0 Å². The summed E-state index contributed by atoms with van der Waals surface area (Å²) in [6.45, 7) is 13.9. The van der Waals surface area contributed by atoms with Gasteiger partial charge in [-0.3, -0.25) is 0 Å². The Bertz CT molecular complexity index is 543. The largest absolute Gasteiger partial charge is 0.380 e. The molecule has 0 aromatic rings. The van der Waals surface area contributed by atoms with Gasteiger partial charge in [0.05, 0.1) is 0 Å². The Balaban J connectivity index is 4.70. The molecule has 0 heterocycles. The van der Waals surface area contributed by atoms with Crippen molar-refractivity contribution < 1.29 is 0 Å². The summed E-state index contributed by atoms with van der Waals surface area (Å²) in [5.41, 5.74) is 9.92. The zero-order valence-corrected chi connectivity index (χ0v) is 22.6. The van der Waals surface area contributed by atoms with Crippen molar-refractivity contribution in [1.82, 2.24) is 9.80 Å². The monoisotopic (exact) mass is 418 g/mol. The Hall–Kier alpha value is -1.11. The van der Waals surface area contributed by atoms with Crippen LogP contribution in [0.3, 0.4) is 0 Å². The predicted octanol–water partition coefficient (Wildman–Crippen LogP) is 6.20. The molecule has 0 saturated heterocycles. The molecule has 4 heteroatoms. The van der Waals surface area contributed by atoms with Gasteiger partial charge in [0, 0.05) is 52.4 Å². The molecule has 28 heavy (non-hydrogen) atoms. The lowest BCUT2D eigenvalue weighted by atomic mass is 10.1. The predicted molar refractivity (Wildman–Crippen MR) is 134 cm³/mol. The normalized spacial score (nSPS) is 12.4. The van der Waals surface area contributed by atoms with Gasteiger partial charge in [-0.2, -0.15) is 0 Å². The van der Waals surface area contributed by atoms with Crippen LogP contribution in [0.15, 0.2) is 11.4 Å². The Morgan fingerprint density at radius 3 is 1.14 bits per heavy atom. The number of allylic oxidation sites excluding steroid dienone is 2. The molecular formula is C24H46N2Si2. The van der Waals surface area contributed by atoms with Gasteiger partial charge in [0.15, 0.2) is 0 Å². The van der Waals surface area contributed by atoms with Gasteiger partial charge in [-0.15, -0.1) is 22.9 Å². The molecule has 0 unspecified atom stereocenters. The van der Waals surface area contributed by atoms with Crippen LogP contribution in [-0.4, -0.2) is 54.1 Å². The van der Waals surface area contributed by atoms with Crippen LogP contribution >= 0.6 is 0 Å². The van der Waals surface area contributed by atoms with Crippen LogP contribution < -0.4 is 0 Å². The first kappa shape index (κ1) is 26.9. The summed E-state index contributed by atoms with van der Waals surface area (Å²) in [7, 11) is 6.30. The lowest BCUT2D eigenvalue weighted by molar-refractivity contribution is 0.401. The van der Waals surface area contributed by atoms with Gasteiger partial charge in [0.25, 0.3) is 0 Å². The van der Waals surface area contributed by atoms with Crippen LogP contribution in [-0.2, 0) is 0 Å². The fraction of sp³-hybridized carbons (Fsp3) is 0.750. The van der Waals surface area contributed by atoms with Gasteiger partial charge >= 0.3 is 0 Å². The van der Waals surface area contributed by atoms with Gasteiger partial charge in [0.2, 0.25) is 0 Å². The molecule has 0 fully saturated rings. The number of nitrogens with zero attached hydrogens (tertiary/aromatic N) is 2. The van der Waals surface area contributed by atoms with Crippen LogP contribution in [0.1, 0.15) is 51.4 Å². The molecule has 160 valence electrons. The Kier molecular flexibility index (Phi) is 12.7. The summed E-state index contributed by atoms with van der Waals surface area (Å²) in [6.07, 6.45) is 9.19. The smallest absolute Gasteiger partial charge is 0.129 e. The van der Waals surface area contributed by atoms with E-state index in [4.69, 9.17) is 0 Å². The van der Waals surface area contributed by atoms with Gasteiger partial charge < -0.3 is 9.80 Å². The van der Waals surface area contributed by atoms with Gasteiger partial charge in [-0.05, 0) is 38.5 Å². The highest BCUT2D eigenvalue weighted by molar-refractivity contribution is 6.84. The molecule has 0 saturated carbocycles. The molecule has 0 amide bonds. The van der Waals surface area contributed by atoms with Crippen LogP contribution in [0.25, 0.3) is 0 Å². The number of unbranched alkanes of at least 4 members (excludes halogenated alkanes) is 4. The molecular weight excluding hydrogens is 372 g/mol. The quantitative estimate of drug-likeness (QED) is 0.236. The first-order valence-corrected chi connectivity index (χ1v) is 17.9. The van der Waals surface area contributed by atoms with E-state index in [1.807, 2.05) is 0 Å². The summed E-state index contributed by atoms with van der Waals surface area (Å²) in [4.78, 5) is 4.63. The van der Waals surface area contributed by atoms with Crippen molar-refractivity contribution in [3.05, 3.63) is 11.4 Å². The van der Waals surface area contributed by atoms with Crippen LogP contribution in [0.5, 0.6) is 0 Å². The average Bonchev–Trinajstić information content (AvgIpc) is 2.52. The molecule has 0 atom stereocenters. The minimum Gasteiger partial charge on any atom is -0.380 e. The van der Waals surface area contributed by atoms with Crippen molar-refractivity contribution in [3.63, 3.8) is 0 Å². The van der Waals surface area contributed by atoms with Gasteiger partial charge in [-0.1, -0.05) is 39.3 Å². The molecule has 2 nitrogen and oxygen atoms in total. The minimum atomic E-state index is -1.22. The fourth-order valence-electron chi connectivity index (χ4n) is 2.92. The fourth-order valence-corrected chi connectivity index (χ4v) is 4.23. The maximum Gasteiger partial charge on any atom is 0.129 e. The van der Waals surface area contributed by atoms with Crippen molar-refractivity contribution in [2.45, 2.75) is 90.6 Å². The first-order valence-electron chi connectivity index (χ1n) is 10.9. The third-order valence-corrected chi connectivity index (χ3v) is 6.12. The van der Waals surface area contributed by atoms with E-state index in [0.717, 1.165) is 25.7 Å². The lowest BCUT2D eigenvalue weighted by Gasteiger charge is -2.27. The summed E-state index contributed by atoms with van der Waals surface area (Å²) >= 11 is 0. The first-order chi connectivity index (χ1) is 12.8. The Labute approximate surface area is 179 Å². The molecule has 0 aliphatic rings. The van der Waals surface area contributed by atoms with E-state index in [1.54, 1.807) is 0 Å². The minimum absolute atomic E-state index is 1.04. The zero-order chi connectivity index (χ0) is 21.8. The summed E-state index contributed by atoms with van der Waals surface area (Å²) in [6, 6.07) is 0. The van der Waals surface area contributed by atoms with Gasteiger partial charge in [-0.25, -0.2) is 0 Å². The molecule has 0 spiro atoms. The second-order valence-electron chi connectivity index (χ2n) is 10.2. The molecule has 0 aliphatic carbocycles. The molecule has 0 aliphatic heterocycles.